The van der Waals surface area contributed by atoms with Crippen LogP contribution in [0.4, 0.5) is 10.1 Å². The van der Waals surface area contributed by atoms with Crippen molar-refractivity contribution in [3.05, 3.63) is 30.1 Å². The number of anilines is 1. The Bertz CT molecular complexity index is 588. The van der Waals surface area contributed by atoms with Gasteiger partial charge in [-0.15, -0.1) is 0 Å². The first-order valence-electron chi connectivity index (χ1n) is 9.04. The van der Waals surface area contributed by atoms with E-state index in [2.05, 4.69) is 5.32 Å². The summed E-state index contributed by atoms with van der Waals surface area (Å²) in [7, 11) is 1.61. The quantitative estimate of drug-likeness (QED) is 0.785. The number of carbonyl (C=O) groups excluding carboxylic acids is 2. The summed E-state index contributed by atoms with van der Waals surface area (Å²) < 4.78 is 14.3. The van der Waals surface area contributed by atoms with Crippen molar-refractivity contribution in [3.8, 4) is 0 Å². The van der Waals surface area contributed by atoms with E-state index in [1.54, 1.807) is 25.2 Å². The van der Waals surface area contributed by atoms with Gasteiger partial charge in [0.1, 0.15) is 5.82 Å². The van der Waals surface area contributed by atoms with Crippen LogP contribution in [0, 0.1) is 5.82 Å². The lowest BCUT2D eigenvalue weighted by molar-refractivity contribution is -0.133. The number of hydrogen-bond donors (Lipinski definition) is 1. The molecule has 0 heterocycles. The van der Waals surface area contributed by atoms with Crippen LogP contribution in [-0.4, -0.2) is 49.4 Å². The summed E-state index contributed by atoms with van der Waals surface area (Å²) in [5, 5.41) is 2.76. The van der Waals surface area contributed by atoms with Crippen LogP contribution in [0.25, 0.3) is 0 Å². The lowest BCUT2D eigenvalue weighted by Crippen LogP contribution is -2.46. The number of hydrogen-bond acceptors (Lipinski definition) is 3. The minimum Gasteiger partial charge on any atom is -0.357 e. The van der Waals surface area contributed by atoms with E-state index in [4.69, 9.17) is 0 Å². The third-order valence-corrected chi connectivity index (χ3v) is 4.61. The van der Waals surface area contributed by atoms with Gasteiger partial charge in [0.2, 0.25) is 11.8 Å². The van der Waals surface area contributed by atoms with Crippen molar-refractivity contribution in [2.75, 3.05) is 31.6 Å². The fraction of sp³-hybridized carbons (Fsp3) is 0.579. The number of likely N-dealkylation sites (N-methyl/N-ethyl adjacent to an activating group) is 1. The van der Waals surface area contributed by atoms with Crippen molar-refractivity contribution in [1.82, 2.24) is 10.2 Å². The lowest BCUT2D eigenvalue weighted by Gasteiger charge is -2.32. The summed E-state index contributed by atoms with van der Waals surface area (Å²) in [5.41, 5.74) is 0.464. The first kappa shape index (κ1) is 19.2. The highest BCUT2D eigenvalue weighted by Crippen LogP contribution is 2.29. The number of halogens is 1. The summed E-state index contributed by atoms with van der Waals surface area (Å²) in [6, 6.07) is 6.74. The van der Waals surface area contributed by atoms with Gasteiger partial charge < -0.3 is 15.1 Å². The fourth-order valence-electron chi connectivity index (χ4n) is 3.20. The van der Waals surface area contributed by atoms with E-state index < -0.39 is 0 Å². The van der Waals surface area contributed by atoms with Crippen LogP contribution in [0.5, 0.6) is 0 Å². The number of para-hydroxylation sites is 1. The summed E-state index contributed by atoms with van der Waals surface area (Å²) >= 11 is 0. The third-order valence-electron chi connectivity index (χ3n) is 4.61. The lowest BCUT2D eigenvalue weighted by atomic mass is 10.1. The van der Waals surface area contributed by atoms with E-state index >= 15 is 0 Å². The van der Waals surface area contributed by atoms with E-state index in [9.17, 15) is 14.0 Å². The Balaban J connectivity index is 2.04. The molecule has 2 rings (SSSR count). The van der Waals surface area contributed by atoms with Gasteiger partial charge in [-0.25, -0.2) is 4.39 Å². The zero-order valence-electron chi connectivity index (χ0n) is 15.1. The highest BCUT2D eigenvalue weighted by molar-refractivity contribution is 5.87. The van der Waals surface area contributed by atoms with Crippen LogP contribution in [0.15, 0.2) is 24.3 Å². The summed E-state index contributed by atoms with van der Waals surface area (Å²) in [5.74, 6) is -0.664. The van der Waals surface area contributed by atoms with Crippen LogP contribution >= 0.6 is 0 Å². The molecule has 0 bridgehead atoms. The van der Waals surface area contributed by atoms with Crippen LogP contribution in [-0.2, 0) is 9.59 Å². The Hall–Kier alpha value is -2.11. The van der Waals surface area contributed by atoms with Crippen LogP contribution in [0.3, 0.4) is 0 Å². The maximum atomic E-state index is 14.3. The number of rotatable bonds is 8. The van der Waals surface area contributed by atoms with Gasteiger partial charge in [-0.3, -0.25) is 9.59 Å². The molecule has 0 spiro atoms. The Morgan fingerprint density at radius 2 is 1.88 bits per heavy atom. The smallest absolute Gasteiger partial charge is 0.242 e. The monoisotopic (exact) mass is 349 g/mol. The van der Waals surface area contributed by atoms with Crippen molar-refractivity contribution in [2.45, 2.75) is 45.1 Å². The second-order valence-corrected chi connectivity index (χ2v) is 6.62. The molecule has 0 aromatic heterocycles. The van der Waals surface area contributed by atoms with E-state index in [-0.39, 0.29) is 36.8 Å². The number of amides is 2. The Labute approximate surface area is 149 Å². The predicted octanol–water partition coefficient (Wildman–Crippen LogP) is 2.56. The predicted molar refractivity (Wildman–Crippen MR) is 96.9 cm³/mol. The molecule has 0 unspecified atom stereocenters. The molecule has 1 fully saturated rings. The van der Waals surface area contributed by atoms with Crippen LogP contribution in [0.1, 0.15) is 39.0 Å². The van der Waals surface area contributed by atoms with E-state index in [0.717, 1.165) is 32.1 Å². The first-order chi connectivity index (χ1) is 12.0. The van der Waals surface area contributed by atoms with Crippen molar-refractivity contribution in [1.29, 1.82) is 0 Å². The zero-order valence-corrected chi connectivity index (χ0v) is 15.1. The van der Waals surface area contributed by atoms with Gasteiger partial charge in [-0.1, -0.05) is 31.9 Å². The molecule has 5 nitrogen and oxygen atoms in total. The van der Waals surface area contributed by atoms with E-state index in [1.165, 1.54) is 11.0 Å². The minimum atomic E-state index is -0.314. The number of nitrogens with one attached hydrogen (secondary N) is 1. The van der Waals surface area contributed by atoms with Gasteiger partial charge in [0.25, 0.3) is 0 Å². The molecule has 1 aromatic carbocycles. The number of carbonyl (C=O) groups is 2. The van der Waals surface area contributed by atoms with Crippen molar-refractivity contribution >= 4 is 17.5 Å². The Morgan fingerprint density at radius 3 is 2.52 bits per heavy atom. The summed E-state index contributed by atoms with van der Waals surface area (Å²) in [6.45, 7) is 2.69. The van der Waals surface area contributed by atoms with Crippen molar-refractivity contribution in [3.63, 3.8) is 0 Å². The molecule has 1 aliphatic rings. The van der Waals surface area contributed by atoms with Gasteiger partial charge >= 0.3 is 0 Å². The minimum absolute atomic E-state index is 0.0224. The highest BCUT2D eigenvalue weighted by Gasteiger charge is 2.27. The molecule has 6 heteroatoms. The molecule has 0 radical (unpaired) electrons. The first-order valence-corrected chi connectivity index (χ1v) is 9.04. The highest BCUT2D eigenvalue weighted by atomic mass is 19.1. The zero-order chi connectivity index (χ0) is 18.2. The molecule has 1 saturated carbocycles. The van der Waals surface area contributed by atoms with E-state index in [1.807, 2.05) is 11.8 Å². The maximum absolute atomic E-state index is 14.3. The average molecular weight is 349 g/mol. The van der Waals surface area contributed by atoms with Gasteiger partial charge in [0.15, 0.2) is 0 Å². The molecule has 0 aliphatic heterocycles. The molecular formula is C19H28FN3O2. The number of nitrogens with zero attached hydrogens (tertiary/aromatic N) is 2. The molecule has 138 valence electrons. The van der Waals surface area contributed by atoms with Crippen molar-refractivity contribution < 1.29 is 14.0 Å². The van der Waals surface area contributed by atoms with Gasteiger partial charge in [0, 0.05) is 19.6 Å². The normalized spacial score (nSPS) is 14.4. The fourth-order valence-corrected chi connectivity index (χ4v) is 3.20. The second kappa shape index (κ2) is 9.39. The standard InChI is InChI=1S/C19H28FN3O2/c1-3-12-21-18(24)13-22(2)19(25)14-23(15-8-4-5-9-15)17-11-7-6-10-16(17)20/h6-7,10-11,15H,3-5,8-9,12-14H2,1-2H3,(H,21,24). The summed E-state index contributed by atoms with van der Waals surface area (Å²) in [6.07, 6.45) is 4.97. The molecule has 2 amide bonds. The van der Waals surface area contributed by atoms with Crippen LogP contribution < -0.4 is 10.2 Å². The topological polar surface area (TPSA) is 52.7 Å². The molecule has 0 saturated heterocycles. The van der Waals surface area contributed by atoms with Gasteiger partial charge in [-0.05, 0) is 31.4 Å². The molecule has 1 N–H and O–H groups in total. The van der Waals surface area contributed by atoms with Crippen molar-refractivity contribution in [2.24, 2.45) is 0 Å². The van der Waals surface area contributed by atoms with Crippen LogP contribution in [0.2, 0.25) is 0 Å². The van der Waals surface area contributed by atoms with E-state index in [0.29, 0.717) is 12.2 Å². The molecule has 1 aliphatic carbocycles. The molecule has 1 aromatic rings. The third kappa shape index (κ3) is 5.44. The largest absolute Gasteiger partial charge is 0.357 e. The SMILES string of the molecule is CCCNC(=O)CN(C)C(=O)CN(c1ccccc1F)C1CCCC1. The molecule has 25 heavy (non-hydrogen) atoms. The second-order valence-electron chi connectivity index (χ2n) is 6.62. The van der Waals surface area contributed by atoms with Gasteiger partial charge in [0.05, 0.1) is 18.8 Å². The summed E-state index contributed by atoms with van der Waals surface area (Å²) in [4.78, 5) is 27.7. The maximum Gasteiger partial charge on any atom is 0.242 e. The Morgan fingerprint density at radius 1 is 1.20 bits per heavy atom. The average Bonchev–Trinajstić information content (AvgIpc) is 3.12. The molecule has 0 atom stereocenters. The molecular weight excluding hydrogens is 321 g/mol. The number of benzene rings is 1. The van der Waals surface area contributed by atoms with Gasteiger partial charge in [-0.2, -0.15) is 0 Å². The Kier molecular flexibility index (Phi) is 7.22.